The molecule has 12 heteroatoms. The molecule has 40 heavy (non-hydrogen) atoms. The molecule has 208 valence electrons. The number of likely N-dealkylation sites (tertiary alicyclic amines) is 1. The third kappa shape index (κ3) is 5.58. The van der Waals surface area contributed by atoms with Gasteiger partial charge in [0.2, 0.25) is 5.88 Å². The van der Waals surface area contributed by atoms with E-state index < -0.39 is 11.7 Å². The van der Waals surface area contributed by atoms with Gasteiger partial charge in [-0.15, -0.1) is 5.10 Å². The molecule has 4 aromatic heterocycles. The molecule has 1 saturated heterocycles. The highest BCUT2D eigenvalue weighted by Crippen LogP contribution is 2.33. The summed E-state index contributed by atoms with van der Waals surface area (Å²) < 4.78 is 15.5. The average molecular weight is 563 g/mol. The van der Waals surface area contributed by atoms with Crippen LogP contribution in [0.1, 0.15) is 69.6 Å². The summed E-state index contributed by atoms with van der Waals surface area (Å²) >= 11 is 6.14. The fourth-order valence-electron chi connectivity index (χ4n) is 4.85. The molecule has 0 bridgehead atoms. The molecule has 1 atom stereocenters. The maximum atomic E-state index is 12.5. The van der Waals surface area contributed by atoms with Crippen LogP contribution in [0.3, 0.4) is 0 Å². The van der Waals surface area contributed by atoms with Gasteiger partial charge in [-0.3, -0.25) is 9.38 Å². The van der Waals surface area contributed by atoms with E-state index in [2.05, 4.69) is 26.3 Å². The standard InChI is InChI=1S/C28H31ClN8O3/c1-17-26(33-34-37(17)22-6-8-35(9-7-22)27(38)40-28(3,4)5)19-11-24-32-16-23(13-30)36(24)25(12-19)39-18(2)20-10-21(29)15-31-14-20/h10-12,14-16,18,22H,6-9H2,1-5H3. The maximum absolute atomic E-state index is 12.5. The first kappa shape index (κ1) is 27.4. The Kier molecular flexibility index (Phi) is 7.38. The van der Waals surface area contributed by atoms with Gasteiger partial charge in [0.15, 0.2) is 0 Å². The lowest BCUT2D eigenvalue weighted by atomic mass is 10.0. The fourth-order valence-corrected chi connectivity index (χ4v) is 5.04. The number of nitriles is 1. The van der Waals surface area contributed by atoms with E-state index in [0.717, 1.165) is 29.7 Å². The number of piperidine rings is 1. The normalized spacial score (nSPS) is 15.2. The second-order valence-electron chi connectivity index (χ2n) is 10.9. The Hall–Kier alpha value is -4.17. The van der Waals surface area contributed by atoms with E-state index in [4.69, 9.17) is 21.1 Å². The summed E-state index contributed by atoms with van der Waals surface area (Å²) in [4.78, 5) is 22.8. The molecule has 0 saturated carbocycles. The highest BCUT2D eigenvalue weighted by Gasteiger charge is 2.29. The molecule has 0 aromatic carbocycles. The van der Waals surface area contributed by atoms with Crippen LogP contribution in [0, 0.1) is 18.3 Å². The number of aromatic nitrogens is 6. The summed E-state index contributed by atoms with van der Waals surface area (Å²) in [6, 6.07) is 7.78. The maximum Gasteiger partial charge on any atom is 0.410 e. The minimum absolute atomic E-state index is 0.103. The Bertz CT molecular complexity index is 1590. The monoisotopic (exact) mass is 562 g/mol. The highest BCUT2D eigenvalue weighted by molar-refractivity contribution is 6.30. The number of fused-ring (bicyclic) bond motifs is 1. The van der Waals surface area contributed by atoms with Crippen LogP contribution in [0.5, 0.6) is 5.88 Å². The molecule has 11 nitrogen and oxygen atoms in total. The van der Waals surface area contributed by atoms with E-state index in [0.29, 0.717) is 41.0 Å². The largest absolute Gasteiger partial charge is 0.471 e. The Morgan fingerprint density at radius 1 is 1.18 bits per heavy atom. The molecule has 0 aliphatic carbocycles. The number of imidazole rings is 1. The van der Waals surface area contributed by atoms with Crippen molar-refractivity contribution in [1.82, 2.24) is 34.3 Å². The summed E-state index contributed by atoms with van der Waals surface area (Å²) in [5, 5.41) is 19.2. The van der Waals surface area contributed by atoms with E-state index in [1.807, 2.05) is 51.4 Å². The number of nitrogens with zero attached hydrogens (tertiary/aromatic N) is 8. The third-order valence-corrected chi connectivity index (χ3v) is 7.05. The zero-order valence-corrected chi connectivity index (χ0v) is 23.9. The number of hydrogen-bond donors (Lipinski definition) is 0. The van der Waals surface area contributed by atoms with Gasteiger partial charge in [0.1, 0.15) is 34.8 Å². The lowest BCUT2D eigenvalue weighted by molar-refractivity contribution is 0.0184. The lowest BCUT2D eigenvalue weighted by Gasteiger charge is -2.33. The van der Waals surface area contributed by atoms with Gasteiger partial charge in [-0.1, -0.05) is 16.8 Å². The second-order valence-corrected chi connectivity index (χ2v) is 11.3. The van der Waals surface area contributed by atoms with Crippen molar-refractivity contribution in [3.05, 3.63) is 58.8 Å². The van der Waals surface area contributed by atoms with Gasteiger partial charge in [0.25, 0.3) is 0 Å². The van der Waals surface area contributed by atoms with E-state index >= 15 is 0 Å². The highest BCUT2D eigenvalue weighted by atomic mass is 35.5. The number of hydrogen-bond acceptors (Lipinski definition) is 8. The summed E-state index contributed by atoms with van der Waals surface area (Å²) in [5.41, 5.74) is 3.53. The topological polar surface area (TPSA) is 123 Å². The van der Waals surface area contributed by atoms with Crippen LogP contribution >= 0.6 is 11.6 Å². The first-order valence-corrected chi connectivity index (χ1v) is 13.5. The van der Waals surface area contributed by atoms with Crippen LogP contribution in [0.25, 0.3) is 16.9 Å². The second kappa shape index (κ2) is 10.8. The molecule has 5 heterocycles. The molecule has 0 spiro atoms. The van der Waals surface area contributed by atoms with Crippen molar-refractivity contribution in [2.75, 3.05) is 13.1 Å². The summed E-state index contributed by atoms with van der Waals surface area (Å²) in [5.74, 6) is 0.439. The zero-order valence-electron chi connectivity index (χ0n) is 23.1. The molecular weight excluding hydrogens is 532 g/mol. The average Bonchev–Trinajstić information content (AvgIpc) is 3.51. The van der Waals surface area contributed by atoms with Crippen molar-refractivity contribution < 1.29 is 14.3 Å². The van der Waals surface area contributed by atoms with E-state index in [-0.39, 0.29) is 12.1 Å². The van der Waals surface area contributed by atoms with Crippen LogP contribution in [-0.2, 0) is 4.74 Å². The fraction of sp³-hybridized carbons (Fsp3) is 0.429. The number of rotatable bonds is 5. The SMILES string of the molecule is Cc1c(-c2cc(OC(C)c3cncc(Cl)c3)n3c(C#N)cnc3c2)nnn1C1CCN(C(=O)OC(C)(C)C)CC1. The summed E-state index contributed by atoms with van der Waals surface area (Å²) in [6.45, 7) is 10.6. The predicted octanol–water partition coefficient (Wildman–Crippen LogP) is 5.53. The Morgan fingerprint density at radius 3 is 2.60 bits per heavy atom. The van der Waals surface area contributed by atoms with Crippen molar-refractivity contribution in [1.29, 1.82) is 5.26 Å². The molecule has 1 unspecified atom stereocenters. The van der Waals surface area contributed by atoms with Crippen LogP contribution in [-0.4, -0.2) is 59.0 Å². The number of carbonyl (C=O) groups is 1. The summed E-state index contributed by atoms with van der Waals surface area (Å²) in [6.07, 6.45) is 5.57. The zero-order chi connectivity index (χ0) is 28.6. The molecule has 1 aliphatic heterocycles. The van der Waals surface area contributed by atoms with Crippen LogP contribution < -0.4 is 4.74 Å². The smallest absolute Gasteiger partial charge is 0.410 e. The van der Waals surface area contributed by atoms with Gasteiger partial charge in [-0.25, -0.2) is 14.5 Å². The van der Waals surface area contributed by atoms with Crippen LogP contribution in [0.4, 0.5) is 4.79 Å². The molecule has 1 amide bonds. The lowest BCUT2D eigenvalue weighted by Crippen LogP contribution is -2.42. The van der Waals surface area contributed by atoms with Gasteiger partial charge in [0, 0.05) is 42.7 Å². The number of pyridine rings is 2. The Morgan fingerprint density at radius 2 is 1.93 bits per heavy atom. The van der Waals surface area contributed by atoms with Gasteiger partial charge in [0.05, 0.1) is 23.0 Å². The van der Waals surface area contributed by atoms with Crippen LogP contribution in [0.15, 0.2) is 36.8 Å². The number of amides is 1. The molecule has 0 N–H and O–H groups in total. The molecule has 1 fully saturated rings. The predicted molar refractivity (Wildman–Crippen MR) is 148 cm³/mol. The van der Waals surface area contributed by atoms with Crippen molar-refractivity contribution in [2.24, 2.45) is 0 Å². The Labute approximate surface area is 237 Å². The number of halogens is 1. The van der Waals surface area contributed by atoms with E-state index in [9.17, 15) is 10.1 Å². The molecule has 5 rings (SSSR count). The first-order valence-electron chi connectivity index (χ1n) is 13.1. The minimum atomic E-state index is -0.527. The Balaban J connectivity index is 1.41. The molecule has 1 aliphatic rings. The van der Waals surface area contributed by atoms with Crippen molar-refractivity contribution in [3.8, 4) is 23.2 Å². The minimum Gasteiger partial charge on any atom is -0.471 e. The van der Waals surface area contributed by atoms with Gasteiger partial charge < -0.3 is 14.4 Å². The third-order valence-electron chi connectivity index (χ3n) is 6.84. The first-order chi connectivity index (χ1) is 19.0. The van der Waals surface area contributed by atoms with Gasteiger partial charge in [-0.05, 0) is 59.6 Å². The summed E-state index contributed by atoms with van der Waals surface area (Å²) in [7, 11) is 0. The van der Waals surface area contributed by atoms with Crippen molar-refractivity contribution in [2.45, 2.75) is 65.2 Å². The molecule has 0 radical (unpaired) electrons. The van der Waals surface area contributed by atoms with Crippen molar-refractivity contribution >= 4 is 23.3 Å². The number of ether oxygens (including phenoxy) is 2. The quantitative estimate of drug-likeness (QED) is 0.311. The van der Waals surface area contributed by atoms with Gasteiger partial charge in [-0.2, -0.15) is 5.26 Å². The number of carbonyl (C=O) groups excluding carboxylic acids is 1. The van der Waals surface area contributed by atoms with E-state index in [1.165, 1.54) is 6.20 Å². The molecule has 4 aromatic rings. The van der Waals surface area contributed by atoms with Crippen molar-refractivity contribution in [3.63, 3.8) is 0 Å². The van der Waals surface area contributed by atoms with E-state index in [1.54, 1.807) is 27.8 Å². The molecular formula is C28H31ClN8O3. The van der Waals surface area contributed by atoms with Gasteiger partial charge >= 0.3 is 6.09 Å². The van der Waals surface area contributed by atoms with Crippen LogP contribution in [0.2, 0.25) is 5.02 Å².